The molecule has 0 saturated carbocycles. The Bertz CT molecular complexity index is 1490. The zero-order valence-corrected chi connectivity index (χ0v) is 27.9. The molecule has 0 aliphatic carbocycles. The summed E-state index contributed by atoms with van der Waals surface area (Å²) in [5.41, 5.74) is 1.84. The predicted molar refractivity (Wildman–Crippen MR) is 176 cm³/mol. The monoisotopic (exact) mass is 653 g/mol. The lowest BCUT2D eigenvalue weighted by Crippen LogP contribution is -2.49. The van der Waals surface area contributed by atoms with E-state index in [0.717, 1.165) is 24.0 Å². The van der Waals surface area contributed by atoms with Crippen LogP contribution in [0.4, 0.5) is 10.6 Å². The molecule has 12 heteroatoms. The summed E-state index contributed by atoms with van der Waals surface area (Å²) in [7, 11) is 1.55. The van der Waals surface area contributed by atoms with Gasteiger partial charge in [-0.1, -0.05) is 60.1 Å². The Morgan fingerprint density at radius 2 is 1.80 bits per heavy atom. The first kappa shape index (κ1) is 34.8. The lowest BCUT2D eigenvalue weighted by Gasteiger charge is -2.35. The van der Waals surface area contributed by atoms with Gasteiger partial charge in [0.05, 0.1) is 6.61 Å². The second-order valence-corrected chi connectivity index (χ2v) is 12.6. The van der Waals surface area contributed by atoms with Crippen molar-refractivity contribution in [1.82, 2.24) is 20.4 Å². The SMILES string of the molecule is CCOC(=O)[C@H](Cc1ccccc1)NC(=O)c1nn(COC)c(N2CCC[C@@H](NC(=O)OC(C)(C)C)C2)c1Cc1ccccc1Cl. The molecule has 1 saturated heterocycles. The largest absolute Gasteiger partial charge is 0.464 e. The minimum atomic E-state index is -0.934. The fourth-order valence-electron chi connectivity index (χ4n) is 5.51. The van der Waals surface area contributed by atoms with Gasteiger partial charge in [-0.05, 0) is 57.7 Å². The van der Waals surface area contributed by atoms with Crippen molar-refractivity contribution in [2.24, 2.45) is 0 Å². The van der Waals surface area contributed by atoms with Crippen LogP contribution in [0, 0.1) is 0 Å². The van der Waals surface area contributed by atoms with Gasteiger partial charge in [-0.15, -0.1) is 0 Å². The van der Waals surface area contributed by atoms with E-state index in [9.17, 15) is 14.4 Å². The van der Waals surface area contributed by atoms with Crippen LogP contribution in [-0.2, 0) is 38.6 Å². The molecule has 0 spiro atoms. The molecule has 46 heavy (non-hydrogen) atoms. The average Bonchev–Trinajstić information content (AvgIpc) is 3.35. The van der Waals surface area contributed by atoms with Gasteiger partial charge < -0.3 is 29.7 Å². The Labute approximate surface area is 275 Å². The Hall–Kier alpha value is -4.09. The highest BCUT2D eigenvalue weighted by Crippen LogP contribution is 2.32. The molecule has 1 aromatic heterocycles. The van der Waals surface area contributed by atoms with Crippen molar-refractivity contribution in [3.63, 3.8) is 0 Å². The van der Waals surface area contributed by atoms with Crippen LogP contribution in [0.15, 0.2) is 54.6 Å². The number of carbonyl (C=O) groups excluding carboxylic acids is 3. The van der Waals surface area contributed by atoms with Crippen molar-refractivity contribution >= 4 is 35.4 Å². The molecule has 2 heterocycles. The van der Waals surface area contributed by atoms with Crippen molar-refractivity contribution in [3.8, 4) is 0 Å². The minimum absolute atomic E-state index is 0.0735. The molecule has 248 valence electrons. The van der Waals surface area contributed by atoms with E-state index in [1.54, 1.807) is 24.8 Å². The van der Waals surface area contributed by atoms with E-state index in [4.69, 9.17) is 30.9 Å². The van der Waals surface area contributed by atoms with Crippen LogP contribution in [0.3, 0.4) is 0 Å². The maximum absolute atomic E-state index is 14.1. The Kier molecular flexibility index (Phi) is 12.1. The van der Waals surface area contributed by atoms with Crippen LogP contribution in [0.1, 0.15) is 67.7 Å². The highest BCUT2D eigenvalue weighted by molar-refractivity contribution is 6.31. The number of rotatable bonds is 12. The topological polar surface area (TPSA) is 124 Å². The van der Waals surface area contributed by atoms with Gasteiger partial charge in [0.15, 0.2) is 5.69 Å². The number of benzene rings is 2. The number of methoxy groups -OCH3 is 1. The van der Waals surface area contributed by atoms with Crippen molar-refractivity contribution in [3.05, 3.63) is 82.0 Å². The van der Waals surface area contributed by atoms with Gasteiger partial charge in [0.2, 0.25) is 0 Å². The molecule has 4 rings (SSSR count). The average molecular weight is 654 g/mol. The lowest BCUT2D eigenvalue weighted by molar-refractivity contribution is -0.145. The van der Waals surface area contributed by atoms with E-state index < -0.39 is 29.6 Å². The van der Waals surface area contributed by atoms with E-state index in [1.807, 2.05) is 69.3 Å². The predicted octanol–water partition coefficient (Wildman–Crippen LogP) is 5.13. The van der Waals surface area contributed by atoms with Crippen LogP contribution in [0.25, 0.3) is 0 Å². The first-order valence-electron chi connectivity index (χ1n) is 15.6. The molecular formula is C34H44ClN5O6. The van der Waals surface area contributed by atoms with E-state index in [-0.39, 0.29) is 31.5 Å². The molecule has 1 fully saturated rings. The molecule has 0 unspecified atom stereocenters. The maximum atomic E-state index is 14.1. The number of carbonyl (C=O) groups is 3. The van der Waals surface area contributed by atoms with Crippen LogP contribution in [0.5, 0.6) is 0 Å². The quantitative estimate of drug-likeness (QED) is 0.258. The first-order valence-corrected chi connectivity index (χ1v) is 15.9. The Morgan fingerprint density at radius 1 is 1.09 bits per heavy atom. The molecule has 2 N–H and O–H groups in total. The van der Waals surface area contributed by atoms with Crippen molar-refractivity contribution < 1.29 is 28.6 Å². The third-order valence-electron chi connectivity index (χ3n) is 7.41. The Morgan fingerprint density at radius 3 is 2.48 bits per heavy atom. The number of alkyl carbamates (subject to hydrolysis) is 1. The number of esters is 1. The van der Waals surface area contributed by atoms with Gasteiger partial charge in [0.25, 0.3) is 5.91 Å². The first-order chi connectivity index (χ1) is 22.0. The normalized spacial score (nSPS) is 15.6. The summed E-state index contributed by atoms with van der Waals surface area (Å²) in [6, 6.07) is 15.7. The fraction of sp³-hybridized carbons (Fsp3) is 0.471. The number of amides is 2. The zero-order chi connectivity index (χ0) is 33.3. The summed E-state index contributed by atoms with van der Waals surface area (Å²) in [4.78, 5) is 41.8. The summed E-state index contributed by atoms with van der Waals surface area (Å²) in [5, 5.41) is 11.2. The molecule has 1 aliphatic heterocycles. The highest BCUT2D eigenvalue weighted by Gasteiger charge is 2.33. The Balaban J connectivity index is 1.71. The van der Waals surface area contributed by atoms with Gasteiger partial charge >= 0.3 is 12.1 Å². The summed E-state index contributed by atoms with van der Waals surface area (Å²) in [6.07, 6.45) is 1.62. The van der Waals surface area contributed by atoms with Gasteiger partial charge in [0, 0.05) is 49.7 Å². The third kappa shape index (κ3) is 9.46. The fourth-order valence-corrected chi connectivity index (χ4v) is 5.71. The molecular weight excluding hydrogens is 610 g/mol. The van der Waals surface area contributed by atoms with Crippen molar-refractivity contribution in [1.29, 1.82) is 0 Å². The molecule has 0 radical (unpaired) electrons. The minimum Gasteiger partial charge on any atom is -0.464 e. The van der Waals surface area contributed by atoms with Gasteiger partial charge in [-0.2, -0.15) is 5.10 Å². The summed E-state index contributed by atoms with van der Waals surface area (Å²) in [5.74, 6) is -0.373. The summed E-state index contributed by atoms with van der Waals surface area (Å²) >= 11 is 6.61. The van der Waals surface area contributed by atoms with E-state index >= 15 is 0 Å². The van der Waals surface area contributed by atoms with Gasteiger partial charge in [-0.3, -0.25) is 4.79 Å². The third-order valence-corrected chi connectivity index (χ3v) is 7.78. The van der Waals surface area contributed by atoms with Crippen LogP contribution in [0.2, 0.25) is 5.02 Å². The molecule has 2 atom stereocenters. The smallest absolute Gasteiger partial charge is 0.407 e. The lowest BCUT2D eigenvalue weighted by atomic mass is 10.0. The van der Waals surface area contributed by atoms with Crippen LogP contribution >= 0.6 is 11.6 Å². The number of hydrogen-bond donors (Lipinski definition) is 2. The van der Waals surface area contributed by atoms with E-state index in [0.29, 0.717) is 35.9 Å². The van der Waals surface area contributed by atoms with Crippen LogP contribution < -0.4 is 15.5 Å². The van der Waals surface area contributed by atoms with Crippen molar-refractivity contribution in [2.75, 3.05) is 31.7 Å². The maximum Gasteiger partial charge on any atom is 0.407 e. The zero-order valence-electron chi connectivity index (χ0n) is 27.2. The second-order valence-electron chi connectivity index (χ2n) is 12.2. The highest BCUT2D eigenvalue weighted by atomic mass is 35.5. The van der Waals surface area contributed by atoms with Gasteiger partial charge in [0.1, 0.15) is 24.2 Å². The number of ether oxygens (including phenoxy) is 3. The molecule has 2 aromatic carbocycles. The van der Waals surface area contributed by atoms with Crippen LogP contribution in [-0.4, -0.2) is 72.2 Å². The number of nitrogens with one attached hydrogen (secondary N) is 2. The number of hydrogen-bond acceptors (Lipinski definition) is 8. The molecule has 11 nitrogen and oxygen atoms in total. The number of piperidine rings is 1. The number of halogens is 1. The molecule has 2 amide bonds. The van der Waals surface area contributed by atoms with E-state index in [1.165, 1.54) is 0 Å². The summed E-state index contributed by atoms with van der Waals surface area (Å²) < 4.78 is 18.0. The van der Waals surface area contributed by atoms with Gasteiger partial charge in [-0.25, -0.2) is 14.3 Å². The molecule has 3 aromatic rings. The van der Waals surface area contributed by atoms with Crippen molar-refractivity contribution in [2.45, 2.75) is 77.8 Å². The number of aromatic nitrogens is 2. The standard InChI is InChI=1S/C34H44ClN5O6/c1-6-45-32(42)28(19-23-13-8-7-9-14-23)37-30(41)29-26(20-24-15-10-11-17-27(24)35)31(40(38-29)22-44-5)39-18-12-16-25(21-39)36-33(43)46-34(2,3)4/h7-11,13-15,17,25,28H,6,12,16,18-22H2,1-5H3,(H,36,43)(H,37,41)/t25-,28+/m1/s1. The number of nitrogens with zero attached hydrogens (tertiary/aromatic N) is 3. The molecule has 0 bridgehead atoms. The second kappa shape index (κ2) is 16.0. The summed E-state index contributed by atoms with van der Waals surface area (Å²) in [6.45, 7) is 8.57. The molecule has 1 aliphatic rings. The van der Waals surface area contributed by atoms with E-state index in [2.05, 4.69) is 15.5 Å². The number of anilines is 1.